The highest BCUT2D eigenvalue weighted by atomic mass is 35.5. The maximum Gasteiger partial charge on any atom is 0.253 e. The van der Waals surface area contributed by atoms with Gasteiger partial charge in [0.15, 0.2) is 5.65 Å². The van der Waals surface area contributed by atoms with E-state index < -0.39 is 9.84 Å². The Morgan fingerprint density at radius 3 is 2.79 bits per heavy atom. The molecule has 5 nitrogen and oxygen atoms in total. The van der Waals surface area contributed by atoms with E-state index in [1.54, 1.807) is 18.3 Å². The molecule has 0 N–H and O–H groups in total. The Morgan fingerprint density at radius 2 is 2.14 bits per heavy atom. The Morgan fingerprint density at radius 1 is 1.43 bits per heavy atom. The quantitative estimate of drug-likeness (QED) is 0.728. The van der Waals surface area contributed by atoms with Crippen LogP contribution in [0.5, 0.6) is 0 Å². The van der Waals surface area contributed by atoms with Crippen LogP contribution in [0.15, 0.2) is 23.5 Å². The van der Waals surface area contributed by atoms with Crippen LogP contribution in [-0.2, 0) is 9.84 Å². The van der Waals surface area contributed by atoms with Crippen molar-refractivity contribution in [3.05, 3.63) is 23.4 Å². The summed E-state index contributed by atoms with van der Waals surface area (Å²) < 4.78 is 23.9. The van der Waals surface area contributed by atoms with Crippen molar-refractivity contribution in [1.82, 2.24) is 14.6 Å². The zero-order valence-corrected chi connectivity index (χ0v) is 8.75. The fourth-order valence-electron chi connectivity index (χ4n) is 1.12. The number of aromatic nitrogens is 3. The molecule has 74 valence electrons. The van der Waals surface area contributed by atoms with Gasteiger partial charge in [0.1, 0.15) is 0 Å². The van der Waals surface area contributed by atoms with Crippen molar-refractivity contribution in [3.8, 4) is 0 Å². The van der Waals surface area contributed by atoms with Gasteiger partial charge in [-0.25, -0.2) is 8.42 Å². The molecule has 0 saturated carbocycles. The van der Waals surface area contributed by atoms with E-state index in [-0.39, 0.29) is 5.16 Å². The fourth-order valence-corrected chi connectivity index (χ4v) is 2.01. The lowest BCUT2D eigenvalue weighted by molar-refractivity contribution is 0.591. The second-order valence-corrected chi connectivity index (χ2v) is 5.12. The maximum absolute atomic E-state index is 11.3. The summed E-state index contributed by atoms with van der Waals surface area (Å²) in [5.41, 5.74) is 0.342. The first-order valence-corrected chi connectivity index (χ1v) is 5.96. The number of fused-ring (bicyclic) bond motifs is 1. The average molecular weight is 232 g/mol. The summed E-state index contributed by atoms with van der Waals surface area (Å²) >= 11 is 5.80. The van der Waals surface area contributed by atoms with Gasteiger partial charge in [-0.2, -0.15) is 0 Å². The van der Waals surface area contributed by atoms with Crippen molar-refractivity contribution < 1.29 is 8.42 Å². The smallest absolute Gasteiger partial charge is 0.253 e. The third kappa shape index (κ3) is 1.36. The van der Waals surface area contributed by atoms with Crippen LogP contribution in [0.4, 0.5) is 0 Å². The number of rotatable bonds is 1. The molecule has 0 radical (unpaired) electrons. The highest BCUT2D eigenvalue weighted by Crippen LogP contribution is 2.17. The topological polar surface area (TPSA) is 64.3 Å². The molecule has 0 aliphatic heterocycles. The van der Waals surface area contributed by atoms with Crippen LogP contribution in [-0.4, -0.2) is 29.3 Å². The summed E-state index contributed by atoms with van der Waals surface area (Å²) in [6.45, 7) is 0. The molecular formula is C7H6ClN3O2S. The van der Waals surface area contributed by atoms with E-state index >= 15 is 0 Å². The number of nitrogens with zero attached hydrogens (tertiary/aromatic N) is 3. The van der Waals surface area contributed by atoms with E-state index in [1.807, 2.05) is 0 Å². The van der Waals surface area contributed by atoms with E-state index in [1.165, 1.54) is 4.40 Å². The predicted molar refractivity (Wildman–Crippen MR) is 51.1 cm³/mol. The largest absolute Gasteiger partial charge is 0.272 e. The van der Waals surface area contributed by atoms with Gasteiger partial charge in [-0.15, -0.1) is 10.2 Å². The standard InChI is InChI=1S/C7H6ClN3O2S/c1-14(12,13)7-10-9-6-5(8)3-2-4-11(6)7/h2-4H,1H3. The summed E-state index contributed by atoms with van der Waals surface area (Å²) in [5, 5.41) is 7.52. The zero-order valence-electron chi connectivity index (χ0n) is 7.18. The van der Waals surface area contributed by atoms with E-state index in [2.05, 4.69) is 10.2 Å². The highest BCUT2D eigenvalue weighted by Gasteiger charge is 2.16. The molecule has 0 amide bonds. The van der Waals surface area contributed by atoms with Gasteiger partial charge < -0.3 is 0 Å². The zero-order chi connectivity index (χ0) is 10.3. The van der Waals surface area contributed by atoms with Gasteiger partial charge in [0, 0.05) is 12.5 Å². The minimum absolute atomic E-state index is 0.102. The van der Waals surface area contributed by atoms with Gasteiger partial charge in [0.2, 0.25) is 9.84 Å². The van der Waals surface area contributed by atoms with Crippen molar-refractivity contribution in [2.75, 3.05) is 6.26 Å². The van der Waals surface area contributed by atoms with E-state index in [0.717, 1.165) is 6.26 Å². The number of hydrogen-bond acceptors (Lipinski definition) is 4. The van der Waals surface area contributed by atoms with Gasteiger partial charge >= 0.3 is 0 Å². The first-order chi connectivity index (χ1) is 6.50. The third-order valence-corrected chi connectivity index (χ3v) is 2.92. The minimum Gasteiger partial charge on any atom is -0.272 e. The summed E-state index contributed by atoms with van der Waals surface area (Å²) in [6, 6.07) is 3.25. The normalized spacial score (nSPS) is 12.1. The number of halogens is 1. The molecular weight excluding hydrogens is 226 g/mol. The molecule has 14 heavy (non-hydrogen) atoms. The molecule has 2 heterocycles. The van der Waals surface area contributed by atoms with Crippen molar-refractivity contribution in [2.45, 2.75) is 5.16 Å². The van der Waals surface area contributed by atoms with Gasteiger partial charge in [-0.1, -0.05) is 11.6 Å². The third-order valence-electron chi connectivity index (χ3n) is 1.69. The molecule has 0 fully saturated rings. The van der Waals surface area contributed by atoms with Gasteiger partial charge in [-0.05, 0) is 12.1 Å². The van der Waals surface area contributed by atoms with Crippen LogP contribution in [0.2, 0.25) is 5.02 Å². The molecule has 2 aromatic rings. The monoisotopic (exact) mass is 231 g/mol. The molecule has 0 aliphatic rings. The summed E-state index contributed by atoms with van der Waals surface area (Å²) in [5.74, 6) is 0. The minimum atomic E-state index is -3.37. The molecule has 0 unspecified atom stereocenters. The van der Waals surface area contributed by atoms with E-state index in [9.17, 15) is 8.42 Å². The molecule has 0 aliphatic carbocycles. The summed E-state index contributed by atoms with van der Waals surface area (Å²) in [4.78, 5) is 0. The highest BCUT2D eigenvalue weighted by molar-refractivity contribution is 7.90. The molecule has 7 heteroatoms. The summed E-state index contributed by atoms with van der Waals surface area (Å²) in [7, 11) is -3.37. The first kappa shape index (κ1) is 9.42. The Balaban J connectivity index is 2.90. The van der Waals surface area contributed by atoms with Crippen molar-refractivity contribution in [2.24, 2.45) is 0 Å². The van der Waals surface area contributed by atoms with Crippen molar-refractivity contribution in [3.63, 3.8) is 0 Å². The van der Waals surface area contributed by atoms with E-state index in [4.69, 9.17) is 11.6 Å². The van der Waals surface area contributed by atoms with Crippen LogP contribution in [0.25, 0.3) is 5.65 Å². The SMILES string of the molecule is CS(=O)(=O)c1nnc2c(Cl)cccn12. The summed E-state index contributed by atoms with van der Waals surface area (Å²) in [6.07, 6.45) is 2.63. The molecule has 2 rings (SSSR count). The van der Waals surface area contributed by atoms with Crippen LogP contribution in [0.1, 0.15) is 0 Å². The molecule has 0 saturated heterocycles. The van der Waals surface area contributed by atoms with Gasteiger partial charge in [-0.3, -0.25) is 4.40 Å². The lowest BCUT2D eigenvalue weighted by atomic mass is 10.5. The Bertz CT molecular complexity index is 590. The average Bonchev–Trinajstić information content (AvgIpc) is 2.47. The maximum atomic E-state index is 11.3. The van der Waals surface area contributed by atoms with Crippen LogP contribution < -0.4 is 0 Å². The number of sulfone groups is 1. The van der Waals surface area contributed by atoms with Crippen LogP contribution in [0.3, 0.4) is 0 Å². The molecule has 0 aromatic carbocycles. The van der Waals surface area contributed by atoms with E-state index in [0.29, 0.717) is 10.7 Å². The lowest BCUT2D eigenvalue weighted by Gasteiger charge is -1.96. The number of hydrogen-bond donors (Lipinski definition) is 0. The number of pyridine rings is 1. The molecule has 0 spiro atoms. The Hall–Kier alpha value is -1.14. The molecule has 2 aromatic heterocycles. The van der Waals surface area contributed by atoms with Gasteiger partial charge in [0.05, 0.1) is 5.02 Å². The lowest BCUT2D eigenvalue weighted by Crippen LogP contribution is -2.03. The Labute approximate surface area is 85.3 Å². The second-order valence-electron chi connectivity index (χ2n) is 2.80. The van der Waals surface area contributed by atoms with Crippen molar-refractivity contribution >= 4 is 27.1 Å². The van der Waals surface area contributed by atoms with Crippen molar-refractivity contribution in [1.29, 1.82) is 0 Å². The van der Waals surface area contributed by atoms with Gasteiger partial charge in [0.25, 0.3) is 5.16 Å². The molecule has 0 bridgehead atoms. The fraction of sp³-hybridized carbons (Fsp3) is 0.143. The first-order valence-electron chi connectivity index (χ1n) is 3.69. The Kier molecular flexibility index (Phi) is 1.97. The van der Waals surface area contributed by atoms with Crippen LogP contribution >= 0.6 is 11.6 Å². The predicted octanol–water partition coefficient (Wildman–Crippen LogP) is 0.786. The molecule has 0 atom stereocenters. The second kappa shape index (κ2) is 2.93. The van der Waals surface area contributed by atoms with Crippen LogP contribution in [0, 0.1) is 0 Å².